The lowest BCUT2D eigenvalue weighted by atomic mass is 10.1. The second-order valence-corrected chi connectivity index (χ2v) is 3.84. The van der Waals surface area contributed by atoms with Gasteiger partial charge in [-0.3, -0.25) is 0 Å². The molecule has 0 heterocycles. The Kier molecular flexibility index (Phi) is 3.76. The van der Waals surface area contributed by atoms with Gasteiger partial charge in [0.2, 0.25) is 0 Å². The van der Waals surface area contributed by atoms with Crippen LogP contribution in [0.4, 0.5) is 4.39 Å². The summed E-state index contributed by atoms with van der Waals surface area (Å²) in [5, 5.41) is 0. The van der Waals surface area contributed by atoms with Crippen molar-refractivity contribution in [3.63, 3.8) is 0 Å². The van der Waals surface area contributed by atoms with Crippen molar-refractivity contribution in [2.45, 2.75) is 20.0 Å². The van der Waals surface area contributed by atoms with Crippen molar-refractivity contribution in [1.29, 1.82) is 0 Å². The van der Waals surface area contributed by atoms with E-state index in [-0.39, 0.29) is 12.4 Å². The van der Waals surface area contributed by atoms with Crippen molar-refractivity contribution in [2.24, 2.45) is 0 Å². The van der Waals surface area contributed by atoms with Gasteiger partial charge in [0.15, 0.2) is 0 Å². The number of para-hydroxylation sites is 1. The Morgan fingerprint density at radius 1 is 0.941 bits per heavy atom. The summed E-state index contributed by atoms with van der Waals surface area (Å²) in [6, 6.07) is 14.5. The van der Waals surface area contributed by atoms with Crippen LogP contribution in [0.25, 0.3) is 0 Å². The molecule has 0 bridgehead atoms. The number of benzene rings is 2. The number of ether oxygens (including phenoxy) is 1. The van der Waals surface area contributed by atoms with Gasteiger partial charge in [0, 0.05) is 5.56 Å². The Bertz CT molecular complexity index is 494. The van der Waals surface area contributed by atoms with Crippen LogP contribution >= 0.6 is 0 Å². The van der Waals surface area contributed by atoms with Crippen LogP contribution in [0, 0.1) is 5.82 Å². The maximum Gasteiger partial charge on any atom is 0.129 e. The van der Waals surface area contributed by atoms with Crippen LogP contribution in [0.5, 0.6) is 5.75 Å². The molecule has 0 fully saturated rings. The summed E-state index contributed by atoms with van der Waals surface area (Å²) in [5.41, 5.74) is 1.72. The minimum atomic E-state index is -0.221. The molecule has 0 radical (unpaired) electrons. The van der Waals surface area contributed by atoms with Crippen LogP contribution in [-0.4, -0.2) is 0 Å². The van der Waals surface area contributed by atoms with Crippen LogP contribution in [0.3, 0.4) is 0 Å². The molecular weight excluding hydrogens is 215 g/mol. The lowest BCUT2D eigenvalue weighted by Gasteiger charge is -2.10. The maximum absolute atomic E-state index is 13.4. The fraction of sp³-hybridized carbons (Fsp3) is 0.200. The van der Waals surface area contributed by atoms with E-state index < -0.39 is 0 Å². The third-order valence-electron chi connectivity index (χ3n) is 2.69. The maximum atomic E-state index is 13.4. The smallest absolute Gasteiger partial charge is 0.129 e. The zero-order valence-corrected chi connectivity index (χ0v) is 9.82. The molecule has 2 rings (SSSR count). The standard InChI is InChI=1S/C15H15FO/c1-2-12-7-4-6-10-15(12)17-11-13-8-3-5-9-14(13)16/h3-10H,2,11H2,1H3. The molecule has 0 saturated heterocycles. The fourth-order valence-electron chi connectivity index (χ4n) is 1.71. The predicted octanol–water partition coefficient (Wildman–Crippen LogP) is 3.97. The SMILES string of the molecule is CCc1ccccc1OCc1ccccc1F. The summed E-state index contributed by atoms with van der Waals surface area (Å²) in [5.74, 6) is 0.611. The zero-order valence-electron chi connectivity index (χ0n) is 9.82. The first kappa shape index (κ1) is 11.6. The summed E-state index contributed by atoms with van der Waals surface area (Å²) in [6.45, 7) is 2.34. The molecular formula is C15H15FO. The minimum Gasteiger partial charge on any atom is -0.489 e. The lowest BCUT2D eigenvalue weighted by molar-refractivity contribution is 0.297. The lowest BCUT2D eigenvalue weighted by Crippen LogP contribution is -2.00. The second-order valence-electron chi connectivity index (χ2n) is 3.84. The predicted molar refractivity (Wildman–Crippen MR) is 66.6 cm³/mol. The first-order valence-corrected chi connectivity index (χ1v) is 5.75. The molecule has 0 saturated carbocycles. The minimum absolute atomic E-state index is 0.221. The third-order valence-corrected chi connectivity index (χ3v) is 2.69. The molecule has 0 atom stereocenters. The zero-order chi connectivity index (χ0) is 12.1. The highest BCUT2D eigenvalue weighted by atomic mass is 19.1. The summed E-state index contributed by atoms with van der Waals surface area (Å²) in [6.07, 6.45) is 0.910. The van der Waals surface area contributed by atoms with E-state index in [1.54, 1.807) is 12.1 Å². The molecule has 1 nitrogen and oxygen atoms in total. The Labute approximate surface area is 101 Å². The van der Waals surface area contributed by atoms with E-state index in [0.717, 1.165) is 17.7 Å². The largest absolute Gasteiger partial charge is 0.489 e. The van der Waals surface area contributed by atoms with Crippen LogP contribution in [-0.2, 0) is 13.0 Å². The van der Waals surface area contributed by atoms with Crippen molar-refractivity contribution in [3.05, 3.63) is 65.5 Å². The molecule has 0 aliphatic rings. The van der Waals surface area contributed by atoms with E-state index >= 15 is 0 Å². The van der Waals surface area contributed by atoms with E-state index in [2.05, 4.69) is 6.92 Å². The van der Waals surface area contributed by atoms with Gasteiger partial charge in [-0.25, -0.2) is 4.39 Å². The fourth-order valence-corrected chi connectivity index (χ4v) is 1.71. The third kappa shape index (κ3) is 2.84. The molecule has 17 heavy (non-hydrogen) atoms. The van der Waals surface area contributed by atoms with Crippen molar-refractivity contribution >= 4 is 0 Å². The molecule has 0 N–H and O–H groups in total. The first-order chi connectivity index (χ1) is 8.31. The number of aryl methyl sites for hydroxylation is 1. The Balaban J connectivity index is 2.10. The van der Waals surface area contributed by atoms with Gasteiger partial charge in [-0.05, 0) is 24.1 Å². The highest BCUT2D eigenvalue weighted by Crippen LogP contribution is 2.20. The quantitative estimate of drug-likeness (QED) is 0.772. The average molecular weight is 230 g/mol. The summed E-state index contributed by atoms with van der Waals surface area (Å²) in [4.78, 5) is 0. The number of hydrogen-bond acceptors (Lipinski definition) is 1. The second kappa shape index (κ2) is 5.48. The van der Waals surface area contributed by atoms with Crippen molar-refractivity contribution in [2.75, 3.05) is 0 Å². The number of rotatable bonds is 4. The van der Waals surface area contributed by atoms with Gasteiger partial charge in [0.25, 0.3) is 0 Å². The van der Waals surface area contributed by atoms with Crippen molar-refractivity contribution in [3.8, 4) is 5.75 Å². The van der Waals surface area contributed by atoms with Gasteiger partial charge in [-0.1, -0.05) is 43.3 Å². The van der Waals surface area contributed by atoms with Crippen LogP contribution in [0.2, 0.25) is 0 Å². The molecule has 0 unspecified atom stereocenters. The Morgan fingerprint density at radius 2 is 1.59 bits per heavy atom. The number of halogens is 1. The molecule has 0 spiro atoms. The Hall–Kier alpha value is -1.83. The first-order valence-electron chi connectivity index (χ1n) is 5.75. The molecule has 0 aromatic heterocycles. The van der Waals surface area contributed by atoms with E-state index in [1.165, 1.54) is 6.07 Å². The molecule has 0 aliphatic carbocycles. The van der Waals surface area contributed by atoms with Gasteiger partial charge in [-0.2, -0.15) is 0 Å². The molecule has 88 valence electrons. The number of hydrogen-bond donors (Lipinski definition) is 0. The monoisotopic (exact) mass is 230 g/mol. The molecule has 2 aromatic carbocycles. The van der Waals surface area contributed by atoms with Crippen molar-refractivity contribution < 1.29 is 9.13 Å². The van der Waals surface area contributed by atoms with E-state index in [0.29, 0.717) is 5.56 Å². The highest BCUT2D eigenvalue weighted by molar-refractivity contribution is 5.33. The van der Waals surface area contributed by atoms with Crippen LogP contribution in [0.1, 0.15) is 18.1 Å². The normalized spacial score (nSPS) is 10.2. The Morgan fingerprint density at radius 3 is 2.29 bits per heavy atom. The topological polar surface area (TPSA) is 9.23 Å². The van der Waals surface area contributed by atoms with Crippen LogP contribution in [0.15, 0.2) is 48.5 Å². The van der Waals surface area contributed by atoms with Gasteiger partial charge in [-0.15, -0.1) is 0 Å². The molecule has 0 aliphatic heterocycles. The van der Waals surface area contributed by atoms with E-state index in [4.69, 9.17) is 4.74 Å². The van der Waals surface area contributed by atoms with Crippen LogP contribution < -0.4 is 4.74 Å². The molecule has 2 heteroatoms. The average Bonchev–Trinajstić information content (AvgIpc) is 2.38. The van der Waals surface area contributed by atoms with Gasteiger partial charge < -0.3 is 4.74 Å². The van der Waals surface area contributed by atoms with Gasteiger partial charge in [0.1, 0.15) is 18.2 Å². The highest BCUT2D eigenvalue weighted by Gasteiger charge is 2.04. The van der Waals surface area contributed by atoms with Crippen molar-refractivity contribution in [1.82, 2.24) is 0 Å². The van der Waals surface area contributed by atoms with E-state index in [1.807, 2.05) is 30.3 Å². The summed E-state index contributed by atoms with van der Waals surface area (Å²) >= 11 is 0. The van der Waals surface area contributed by atoms with Gasteiger partial charge >= 0.3 is 0 Å². The summed E-state index contributed by atoms with van der Waals surface area (Å²) < 4.78 is 19.0. The molecule has 2 aromatic rings. The van der Waals surface area contributed by atoms with E-state index in [9.17, 15) is 4.39 Å². The summed E-state index contributed by atoms with van der Waals surface area (Å²) in [7, 11) is 0. The van der Waals surface area contributed by atoms with Gasteiger partial charge in [0.05, 0.1) is 0 Å². The molecule has 0 amide bonds.